The number of carbonyl (C=O) groups is 1. The normalized spacial score (nSPS) is 11.4. The maximum atomic E-state index is 10.8. The van der Waals surface area contributed by atoms with Crippen molar-refractivity contribution in [2.24, 2.45) is 11.8 Å². The molecule has 0 heterocycles. The van der Waals surface area contributed by atoms with Crippen LogP contribution in [0.25, 0.3) is 0 Å². The van der Waals surface area contributed by atoms with E-state index < -0.39 is 5.92 Å². The van der Waals surface area contributed by atoms with E-state index in [0.29, 0.717) is 0 Å². The van der Waals surface area contributed by atoms with Crippen molar-refractivity contribution in [2.45, 2.75) is 13.3 Å². The summed E-state index contributed by atoms with van der Waals surface area (Å²) in [6.45, 7) is 1.63. The number of methoxy groups -OCH3 is 1. The lowest BCUT2D eigenvalue weighted by atomic mass is 9.98. The van der Waals surface area contributed by atoms with Crippen molar-refractivity contribution in [1.29, 1.82) is 10.5 Å². The maximum Gasteiger partial charge on any atom is 0.308 e. The van der Waals surface area contributed by atoms with Crippen LogP contribution in [0, 0.1) is 34.5 Å². The molecule has 0 spiro atoms. The van der Waals surface area contributed by atoms with Crippen LogP contribution in [0.3, 0.4) is 0 Å². The van der Waals surface area contributed by atoms with Gasteiger partial charge in [0.15, 0.2) is 0 Å². The van der Waals surface area contributed by atoms with Crippen molar-refractivity contribution in [3.63, 3.8) is 0 Å². The van der Waals surface area contributed by atoms with Crippen LogP contribution >= 0.6 is 0 Å². The molecule has 0 aliphatic carbocycles. The molecule has 0 saturated carbocycles. The van der Waals surface area contributed by atoms with E-state index in [4.69, 9.17) is 10.5 Å². The first-order chi connectivity index (χ1) is 5.65. The molecular formula is C8H10N2O2. The van der Waals surface area contributed by atoms with Crippen LogP contribution in [0.15, 0.2) is 0 Å². The highest BCUT2D eigenvalue weighted by Crippen LogP contribution is 2.11. The quantitative estimate of drug-likeness (QED) is 0.582. The number of esters is 1. The van der Waals surface area contributed by atoms with Crippen LogP contribution in [0.4, 0.5) is 0 Å². The minimum absolute atomic E-state index is 0.236. The number of rotatable bonds is 3. The van der Waals surface area contributed by atoms with Gasteiger partial charge < -0.3 is 4.74 Å². The molecule has 12 heavy (non-hydrogen) atoms. The van der Waals surface area contributed by atoms with Crippen molar-refractivity contribution in [1.82, 2.24) is 0 Å². The molecule has 0 aliphatic rings. The molecule has 0 aliphatic heterocycles. The number of nitrogens with zero attached hydrogens (tertiary/aromatic N) is 2. The third-order valence-electron chi connectivity index (χ3n) is 1.50. The summed E-state index contributed by atoms with van der Waals surface area (Å²) in [5.41, 5.74) is 0. The van der Waals surface area contributed by atoms with Gasteiger partial charge in [-0.1, -0.05) is 6.92 Å². The third kappa shape index (κ3) is 3.03. The van der Waals surface area contributed by atoms with Crippen LogP contribution in [0.5, 0.6) is 0 Å². The molecule has 0 aromatic rings. The van der Waals surface area contributed by atoms with Gasteiger partial charge in [-0.25, -0.2) is 0 Å². The molecular weight excluding hydrogens is 156 g/mol. The molecule has 0 saturated heterocycles. The zero-order valence-electron chi connectivity index (χ0n) is 7.07. The highest BCUT2D eigenvalue weighted by atomic mass is 16.5. The van der Waals surface area contributed by atoms with E-state index in [1.807, 2.05) is 0 Å². The van der Waals surface area contributed by atoms with E-state index >= 15 is 0 Å². The van der Waals surface area contributed by atoms with E-state index in [1.165, 1.54) is 7.11 Å². The Bertz CT molecular complexity index is 222. The van der Waals surface area contributed by atoms with Gasteiger partial charge in [0, 0.05) is 0 Å². The minimum atomic E-state index is -0.723. The van der Waals surface area contributed by atoms with Crippen LogP contribution in [-0.4, -0.2) is 13.1 Å². The standard InChI is InChI=1S/C8H10N2O2/c1-6(8(11)12-2)3-7(4-9)5-10/h6-7H,3H2,1-2H3. The molecule has 0 N–H and O–H groups in total. The Morgan fingerprint density at radius 2 is 2.00 bits per heavy atom. The van der Waals surface area contributed by atoms with Crippen LogP contribution in [-0.2, 0) is 9.53 Å². The summed E-state index contributed by atoms with van der Waals surface area (Å²) in [5.74, 6) is -1.50. The van der Waals surface area contributed by atoms with Gasteiger partial charge in [-0.3, -0.25) is 4.79 Å². The van der Waals surface area contributed by atoms with Gasteiger partial charge in [-0.15, -0.1) is 0 Å². The lowest BCUT2D eigenvalue weighted by Gasteiger charge is -2.07. The second-order valence-electron chi connectivity index (χ2n) is 2.47. The molecule has 0 fully saturated rings. The molecule has 4 nitrogen and oxygen atoms in total. The topological polar surface area (TPSA) is 73.9 Å². The SMILES string of the molecule is COC(=O)C(C)CC(C#N)C#N. The Labute approximate surface area is 71.4 Å². The van der Waals surface area contributed by atoms with Crippen molar-refractivity contribution >= 4 is 5.97 Å². The van der Waals surface area contributed by atoms with Gasteiger partial charge >= 0.3 is 5.97 Å². The molecule has 4 heteroatoms. The zero-order valence-corrected chi connectivity index (χ0v) is 7.07. The molecule has 0 rings (SSSR count). The number of hydrogen-bond donors (Lipinski definition) is 0. The second kappa shape index (κ2) is 5.15. The molecule has 0 amide bonds. The van der Waals surface area contributed by atoms with Crippen molar-refractivity contribution in [3.05, 3.63) is 0 Å². The molecule has 1 unspecified atom stereocenters. The smallest absolute Gasteiger partial charge is 0.308 e. The Hall–Kier alpha value is -1.55. The predicted molar refractivity (Wildman–Crippen MR) is 40.5 cm³/mol. The second-order valence-corrected chi connectivity index (χ2v) is 2.47. The fraction of sp³-hybridized carbons (Fsp3) is 0.625. The summed E-state index contributed by atoms with van der Waals surface area (Å²) >= 11 is 0. The first-order valence-corrected chi connectivity index (χ1v) is 3.52. The number of hydrogen-bond acceptors (Lipinski definition) is 4. The highest BCUT2D eigenvalue weighted by molar-refractivity contribution is 5.71. The first-order valence-electron chi connectivity index (χ1n) is 3.52. The van der Waals surface area contributed by atoms with Gasteiger partial charge in [0.05, 0.1) is 25.2 Å². The van der Waals surface area contributed by atoms with Crippen LogP contribution in [0.2, 0.25) is 0 Å². The lowest BCUT2D eigenvalue weighted by molar-refractivity contribution is -0.145. The van der Waals surface area contributed by atoms with E-state index in [2.05, 4.69) is 4.74 Å². The average Bonchev–Trinajstić information content (AvgIpc) is 2.12. The van der Waals surface area contributed by atoms with Crippen LogP contribution in [0.1, 0.15) is 13.3 Å². The zero-order chi connectivity index (χ0) is 9.56. The summed E-state index contributed by atoms with van der Waals surface area (Å²) in [4.78, 5) is 10.8. The van der Waals surface area contributed by atoms with E-state index in [0.717, 1.165) is 0 Å². The van der Waals surface area contributed by atoms with Crippen LogP contribution < -0.4 is 0 Å². The summed E-state index contributed by atoms with van der Waals surface area (Å²) in [6, 6.07) is 3.59. The molecule has 1 atom stereocenters. The molecule has 0 radical (unpaired) electrons. The molecule has 0 bridgehead atoms. The molecule has 0 aromatic heterocycles. The molecule has 0 aromatic carbocycles. The molecule has 64 valence electrons. The number of carbonyl (C=O) groups excluding carboxylic acids is 1. The largest absolute Gasteiger partial charge is 0.469 e. The Morgan fingerprint density at radius 1 is 1.50 bits per heavy atom. The van der Waals surface area contributed by atoms with Gasteiger partial charge in [0.1, 0.15) is 5.92 Å². The fourth-order valence-electron chi connectivity index (χ4n) is 0.785. The summed E-state index contributed by atoms with van der Waals surface area (Å²) in [7, 11) is 1.28. The third-order valence-corrected chi connectivity index (χ3v) is 1.50. The Balaban J connectivity index is 4.02. The van der Waals surface area contributed by atoms with E-state index in [-0.39, 0.29) is 18.3 Å². The van der Waals surface area contributed by atoms with Crippen molar-refractivity contribution in [2.75, 3.05) is 7.11 Å². The summed E-state index contributed by atoms with van der Waals surface area (Å²) in [6.07, 6.45) is 0.236. The Morgan fingerprint density at radius 3 is 2.33 bits per heavy atom. The summed E-state index contributed by atoms with van der Waals surface area (Å²) < 4.78 is 4.44. The number of nitriles is 2. The van der Waals surface area contributed by atoms with Gasteiger partial charge in [0.25, 0.3) is 0 Å². The first kappa shape index (κ1) is 10.4. The van der Waals surface area contributed by atoms with Crippen molar-refractivity contribution < 1.29 is 9.53 Å². The maximum absolute atomic E-state index is 10.8. The van der Waals surface area contributed by atoms with Gasteiger partial charge in [0.2, 0.25) is 0 Å². The van der Waals surface area contributed by atoms with E-state index in [1.54, 1.807) is 19.1 Å². The highest BCUT2D eigenvalue weighted by Gasteiger charge is 2.18. The Kier molecular flexibility index (Phi) is 4.48. The lowest BCUT2D eigenvalue weighted by Crippen LogP contribution is -2.15. The van der Waals surface area contributed by atoms with Gasteiger partial charge in [-0.05, 0) is 6.42 Å². The van der Waals surface area contributed by atoms with Gasteiger partial charge in [-0.2, -0.15) is 10.5 Å². The van der Waals surface area contributed by atoms with E-state index in [9.17, 15) is 4.79 Å². The average molecular weight is 166 g/mol. The van der Waals surface area contributed by atoms with Crippen molar-refractivity contribution in [3.8, 4) is 12.1 Å². The predicted octanol–water partition coefficient (Wildman–Crippen LogP) is 0.849. The monoisotopic (exact) mass is 166 g/mol. The summed E-state index contributed by atoms with van der Waals surface area (Å²) in [5, 5.41) is 16.8. The number of ether oxygens (including phenoxy) is 1. The fourth-order valence-corrected chi connectivity index (χ4v) is 0.785. The minimum Gasteiger partial charge on any atom is -0.469 e.